The molecule has 0 aliphatic carbocycles. The number of hydrogen-bond acceptors (Lipinski definition) is 3. The Labute approximate surface area is 66.7 Å². The van der Waals surface area contributed by atoms with E-state index in [4.69, 9.17) is 4.74 Å². The zero-order valence-electron chi connectivity index (χ0n) is 6.68. The average molecular weight is 157 g/mol. The second kappa shape index (κ2) is 2.73. The molecular weight excluding hydrogens is 142 g/mol. The Morgan fingerprint density at radius 2 is 2.45 bits per heavy atom. The molecule has 0 bridgehead atoms. The highest BCUT2D eigenvalue weighted by molar-refractivity contribution is 5.00. The summed E-state index contributed by atoms with van der Waals surface area (Å²) < 4.78 is 5.29. The number of hydrogen-bond donors (Lipinski definition) is 2. The summed E-state index contributed by atoms with van der Waals surface area (Å²) in [7, 11) is 0. The van der Waals surface area contributed by atoms with Crippen molar-refractivity contribution in [1.29, 1.82) is 0 Å². The predicted molar refractivity (Wildman–Crippen MR) is 41.4 cm³/mol. The first-order valence-electron chi connectivity index (χ1n) is 4.34. The highest BCUT2D eigenvalue weighted by Crippen LogP contribution is 2.27. The minimum absolute atomic E-state index is 0.0851. The van der Waals surface area contributed by atoms with Gasteiger partial charge < -0.3 is 15.2 Å². The van der Waals surface area contributed by atoms with Crippen molar-refractivity contribution in [1.82, 2.24) is 5.32 Å². The van der Waals surface area contributed by atoms with Gasteiger partial charge in [-0.1, -0.05) is 0 Å². The zero-order chi connectivity index (χ0) is 7.73. The molecule has 11 heavy (non-hydrogen) atoms. The average Bonchev–Trinajstić information content (AvgIpc) is 2.46. The summed E-state index contributed by atoms with van der Waals surface area (Å²) in [6, 6.07) is 0. The van der Waals surface area contributed by atoms with Crippen LogP contribution >= 0.6 is 0 Å². The van der Waals surface area contributed by atoms with Crippen LogP contribution < -0.4 is 5.32 Å². The van der Waals surface area contributed by atoms with Crippen molar-refractivity contribution < 1.29 is 9.84 Å². The molecule has 0 amide bonds. The number of ether oxygens (including phenoxy) is 1. The van der Waals surface area contributed by atoms with Crippen LogP contribution in [0, 0.1) is 0 Å². The van der Waals surface area contributed by atoms with Crippen molar-refractivity contribution in [2.45, 2.75) is 30.9 Å². The normalized spacial score (nSPS) is 45.0. The van der Waals surface area contributed by atoms with Crippen LogP contribution in [0.5, 0.6) is 0 Å². The third-order valence-electron chi connectivity index (χ3n) is 2.82. The van der Waals surface area contributed by atoms with E-state index in [0.29, 0.717) is 6.61 Å². The van der Waals surface area contributed by atoms with E-state index in [9.17, 15) is 5.11 Å². The first-order chi connectivity index (χ1) is 5.33. The smallest absolute Gasteiger partial charge is 0.0745 e. The molecular formula is C8H15NO2. The molecule has 2 rings (SSSR count). The third-order valence-corrected chi connectivity index (χ3v) is 2.82. The molecule has 3 nitrogen and oxygen atoms in total. The number of aliphatic hydroxyl groups is 1. The molecule has 0 aromatic heterocycles. The van der Waals surface area contributed by atoms with Gasteiger partial charge in [0, 0.05) is 6.61 Å². The Bertz CT molecular complexity index is 143. The lowest BCUT2D eigenvalue weighted by Gasteiger charge is -2.37. The van der Waals surface area contributed by atoms with Gasteiger partial charge in [-0.25, -0.2) is 0 Å². The Morgan fingerprint density at radius 3 is 3.09 bits per heavy atom. The molecule has 2 unspecified atom stereocenters. The van der Waals surface area contributed by atoms with E-state index in [1.165, 1.54) is 0 Å². The van der Waals surface area contributed by atoms with Gasteiger partial charge in [-0.15, -0.1) is 0 Å². The molecule has 2 fully saturated rings. The third kappa shape index (κ3) is 1.17. The maximum Gasteiger partial charge on any atom is 0.0745 e. The fourth-order valence-corrected chi connectivity index (χ4v) is 2.01. The van der Waals surface area contributed by atoms with Crippen LogP contribution in [0.15, 0.2) is 0 Å². The maximum absolute atomic E-state index is 9.72. The van der Waals surface area contributed by atoms with Gasteiger partial charge in [-0.3, -0.25) is 0 Å². The molecule has 1 spiro atoms. The summed E-state index contributed by atoms with van der Waals surface area (Å²) in [4.78, 5) is 0. The highest BCUT2D eigenvalue weighted by Gasteiger charge is 2.42. The van der Waals surface area contributed by atoms with Crippen LogP contribution in [0.4, 0.5) is 0 Å². The van der Waals surface area contributed by atoms with Crippen molar-refractivity contribution in [3.63, 3.8) is 0 Å². The van der Waals surface area contributed by atoms with E-state index in [1.807, 2.05) is 0 Å². The van der Waals surface area contributed by atoms with Crippen molar-refractivity contribution >= 4 is 0 Å². The quantitative estimate of drug-likeness (QED) is 0.515. The standard InChI is InChI=1S/C8H15NO2/c10-7-2-1-4-9-8(7)3-5-11-6-8/h7,9-10H,1-6H2. The molecule has 0 radical (unpaired) electrons. The first-order valence-corrected chi connectivity index (χ1v) is 4.34. The SMILES string of the molecule is OC1CCCNC12CCOC2. The molecule has 2 aliphatic heterocycles. The summed E-state index contributed by atoms with van der Waals surface area (Å²) in [5, 5.41) is 13.1. The van der Waals surface area contributed by atoms with Gasteiger partial charge in [-0.2, -0.15) is 0 Å². The predicted octanol–water partition coefficient (Wildman–Crippen LogP) is -0.110. The Kier molecular flexibility index (Phi) is 1.87. The van der Waals surface area contributed by atoms with Crippen LogP contribution in [0.2, 0.25) is 0 Å². The molecule has 3 heteroatoms. The number of rotatable bonds is 0. The van der Waals surface area contributed by atoms with Crippen LogP contribution in [0.25, 0.3) is 0 Å². The lowest BCUT2D eigenvalue weighted by Crippen LogP contribution is -2.58. The fraction of sp³-hybridized carbons (Fsp3) is 1.00. The topological polar surface area (TPSA) is 41.5 Å². The Balaban J connectivity index is 2.07. The maximum atomic E-state index is 9.72. The summed E-state index contributed by atoms with van der Waals surface area (Å²) in [5.74, 6) is 0. The van der Waals surface area contributed by atoms with Crippen molar-refractivity contribution in [2.24, 2.45) is 0 Å². The largest absolute Gasteiger partial charge is 0.391 e. The Hall–Kier alpha value is -0.120. The van der Waals surface area contributed by atoms with Crippen molar-refractivity contribution in [3.05, 3.63) is 0 Å². The monoisotopic (exact) mass is 157 g/mol. The van der Waals surface area contributed by atoms with Crippen LogP contribution in [0.3, 0.4) is 0 Å². The lowest BCUT2D eigenvalue weighted by molar-refractivity contribution is 0.0221. The van der Waals surface area contributed by atoms with Crippen LogP contribution in [-0.4, -0.2) is 36.5 Å². The summed E-state index contributed by atoms with van der Waals surface area (Å²) >= 11 is 0. The molecule has 2 N–H and O–H groups in total. The van der Waals surface area contributed by atoms with E-state index in [0.717, 1.165) is 32.4 Å². The van der Waals surface area contributed by atoms with Gasteiger partial charge in [0.1, 0.15) is 0 Å². The molecule has 0 aromatic rings. The fourth-order valence-electron chi connectivity index (χ4n) is 2.01. The second-order valence-electron chi connectivity index (χ2n) is 3.54. The number of nitrogens with one attached hydrogen (secondary N) is 1. The molecule has 0 saturated carbocycles. The molecule has 2 heterocycles. The van der Waals surface area contributed by atoms with E-state index in [1.54, 1.807) is 0 Å². The van der Waals surface area contributed by atoms with Crippen LogP contribution in [-0.2, 0) is 4.74 Å². The Morgan fingerprint density at radius 1 is 1.55 bits per heavy atom. The number of aliphatic hydroxyl groups excluding tert-OH is 1. The van der Waals surface area contributed by atoms with E-state index < -0.39 is 0 Å². The first kappa shape index (κ1) is 7.53. The molecule has 2 aliphatic rings. The highest BCUT2D eigenvalue weighted by atomic mass is 16.5. The van der Waals surface area contributed by atoms with E-state index in [2.05, 4.69) is 5.32 Å². The summed E-state index contributed by atoms with van der Waals surface area (Å²) in [6.45, 7) is 2.51. The van der Waals surface area contributed by atoms with Crippen molar-refractivity contribution in [2.75, 3.05) is 19.8 Å². The lowest BCUT2D eigenvalue weighted by atomic mass is 9.85. The summed E-state index contributed by atoms with van der Waals surface area (Å²) in [5.41, 5.74) is -0.0851. The second-order valence-corrected chi connectivity index (χ2v) is 3.54. The van der Waals surface area contributed by atoms with Crippen molar-refractivity contribution in [3.8, 4) is 0 Å². The molecule has 0 aromatic carbocycles. The van der Waals surface area contributed by atoms with Gasteiger partial charge in [0.2, 0.25) is 0 Å². The zero-order valence-corrected chi connectivity index (χ0v) is 6.68. The van der Waals surface area contributed by atoms with E-state index >= 15 is 0 Å². The molecule has 2 atom stereocenters. The minimum Gasteiger partial charge on any atom is -0.391 e. The van der Waals surface area contributed by atoms with Crippen LogP contribution in [0.1, 0.15) is 19.3 Å². The van der Waals surface area contributed by atoms with E-state index in [-0.39, 0.29) is 11.6 Å². The molecule has 2 saturated heterocycles. The summed E-state index contributed by atoms with van der Waals surface area (Å²) in [6.07, 6.45) is 2.78. The molecule has 64 valence electrons. The minimum atomic E-state index is -0.196. The van der Waals surface area contributed by atoms with Gasteiger partial charge in [0.15, 0.2) is 0 Å². The van der Waals surface area contributed by atoms with Gasteiger partial charge in [0.25, 0.3) is 0 Å². The van der Waals surface area contributed by atoms with Gasteiger partial charge in [-0.05, 0) is 25.8 Å². The number of piperidine rings is 1. The van der Waals surface area contributed by atoms with Gasteiger partial charge in [0.05, 0.1) is 18.2 Å². The van der Waals surface area contributed by atoms with Gasteiger partial charge >= 0.3 is 0 Å².